The van der Waals surface area contributed by atoms with Gasteiger partial charge in [0.1, 0.15) is 28.4 Å². The average molecular weight is 384 g/mol. The van der Waals surface area contributed by atoms with Gasteiger partial charge in [-0.3, -0.25) is 14.4 Å². The number of nitrogens with two attached hydrogens (primary N) is 1. The molecule has 1 heterocycles. The summed E-state index contributed by atoms with van der Waals surface area (Å²) >= 11 is 0. The lowest BCUT2D eigenvalue weighted by Crippen LogP contribution is -2.35. The molecule has 2 aromatic rings. The minimum Gasteiger partial charge on any atom is -0.507 e. The molecule has 0 bridgehead atoms. The molecular weight excluding hydrogens is 364 g/mol. The zero-order valence-corrected chi connectivity index (χ0v) is 15.4. The van der Waals surface area contributed by atoms with Crippen molar-refractivity contribution in [2.45, 2.75) is 25.9 Å². The van der Waals surface area contributed by atoms with Crippen LogP contribution in [0.1, 0.15) is 41.0 Å². The molecular formula is C20H20N2O6. The molecule has 0 spiro atoms. The highest BCUT2D eigenvalue weighted by Crippen LogP contribution is 2.40. The Kier molecular flexibility index (Phi) is 4.96. The van der Waals surface area contributed by atoms with E-state index >= 15 is 0 Å². The number of carbonyl (C=O) groups is 3. The molecule has 8 nitrogen and oxygen atoms in total. The van der Waals surface area contributed by atoms with Gasteiger partial charge in [-0.15, -0.1) is 0 Å². The number of hydrogen-bond donors (Lipinski definition) is 3. The summed E-state index contributed by atoms with van der Waals surface area (Å²) in [5.41, 5.74) is 5.13. The largest absolute Gasteiger partial charge is 0.507 e. The molecule has 0 saturated carbocycles. The fourth-order valence-corrected chi connectivity index (χ4v) is 2.97. The first-order valence-electron chi connectivity index (χ1n) is 8.57. The van der Waals surface area contributed by atoms with Gasteiger partial charge < -0.3 is 25.6 Å². The second-order valence-corrected chi connectivity index (χ2v) is 7.02. The number of para-hydroxylation sites is 1. The van der Waals surface area contributed by atoms with E-state index in [4.69, 9.17) is 15.2 Å². The lowest BCUT2D eigenvalue weighted by Gasteiger charge is -2.32. The third-order valence-corrected chi connectivity index (χ3v) is 4.14. The number of primary amides is 1. The van der Waals surface area contributed by atoms with Gasteiger partial charge in [0.2, 0.25) is 0 Å². The molecule has 0 aliphatic carbocycles. The second kappa shape index (κ2) is 7.22. The lowest BCUT2D eigenvalue weighted by atomic mass is 9.92. The molecule has 146 valence electrons. The first kappa shape index (κ1) is 19.2. The molecule has 1 aliphatic rings. The Balaban J connectivity index is 1.72. The monoisotopic (exact) mass is 384 g/mol. The molecule has 0 unspecified atom stereocenters. The van der Waals surface area contributed by atoms with Crippen LogP contribution in [0, 0.1) is 0 Å². The fraction of sp³-hybridized carbons (Fsp3) is 0.250. The smallest absolute Gasteiger partial charge is 0.262 e. The van der Waals surface area contributed by atoms with E-state index in [1.807, 2.05) is 0 Å². The van der Waals surface area contributed by atoms with Gasteiger partial charge in [-0.1, -0.05) is 12.1 Å². The van der Waals surface area contributed by atoms with Crippen molar-refractivity contribution >= 4 is 23.3 Å². The average Bonchev–Trinajstić information content (AvgIpc) is 2.58. The number of benzene rings is 2. The van der Waals surface area contributed by atoms with E-state index in [1.165, 1.54) is 18.2 Å². The first-order chi connectivity index (χ1) is 13.2. The van der Waals surface area contributed by atoms with Crippen molar-refractivity contribution in [1.82, 2.24) is 0 Å². The van der Waals surface area contributed by atoms with Gasteiger partial charge in [0.25, 0.3) is 11.8 Å². The van der Waals surface area contributed by atoms with Crippen molar-refractivity contribution in [2.24, 2.45) is 5.73 Å². The van der Waals surface area contributed by atoms with Gasteiger partial charge in [-0.2, -0.15) is 0 Å². The molecule has 2 amide bonds. The predicted octanol–water partition coefficient (Wildman–Crippen LogP) is 2.25. The van der Waals surface area contributed by atoms with Gasteiger partial charge in [0.05, 0.1) is 17.7 Å². The summed E-state index contributed by atoms with van der Waals surface area (Å²) in [5, 5.41) is 12.7. The van der Waals surface area contributed by atoms with Crippen LogP contribution in [0.15, 0.2) is 36.4 Å². The molecule has 2 aromatic carbocycles. The van der Waals surface area contributed by atoms with Crippen LogP contribution in [0.2, 0.25) is 0 Å². The van der Waals surface area contributed by atoms with E-state index in [0.29, 0.717) is 0 Å². The van der Waals surface area contributed by atoms with Gasteiger partial charge in [0, 0.05) is 12.1 Å². The number of ether oxygens (including phenoxy) is 2. The summed E-state index contributed by atoms with van der Waals surface area (Å²) in [6, 6.07) is 9.04. The predicted molar refractivity (Wildman–Crippen MR) is 101 cm³/mol. The Labute approximate surface area is 161 Å². The summed E-state index contributed by atoms with van der Waals surface area (Å²) in [6.45, 7) is 3.15. The number of Topliss-reactive ketones (excluding diaryl/α,β-unsaturated/α-hetero) is 1. The minimum absolute atomic E-state index is 0.103. The molecule has 0 radical (unpaired) electrons. The van der Waals surface area contributed by atoms with E-state index in [1.54, 1.807) is 32.0 Å². The van der Waals surface area contributed by atoms with E-state index < -0.39 is 17.4 Å². The number of amides is 2. The number of fused-ring (bicyclic) bond motifs is 1. The van der Waals surface area contributed by atoms with Crippen LogP contribution in [0.5, 0.6) is 17.2 Å². The topological polar surface area (TPSA) is 128 Å². The maximum atomic E-state index is 12.2. The van der Waals surface area contributed by atoms with Crippen LogP contribution in [-0.2, 0) is 4.79 Å². The zero-order chi connectivity index (χ0) is 20.5. The number of ketones is 1. The summed E-state index contributed by atoms with van der Waals surface area (Å²) in [6.07, 6.45) is 0.148. The summed E-state index contributed by atoms with van der Waals surface area (Å²) in [7, 11) is 0. The second-order valence-electron chi connectivity index (χ2n) is 7.02. The lowest BCUT2D eigenvalue weighted by molar-refractivity contribution is -0.118. The third-order valence-electron chi connectivity index (χ3n) is 4.14. The van der Waals surface area contributed by atoms with Crippen LogP contribution in [0.3, 0.4) is 0 Å². The van der Waals surface area contributed by atoms with Gasteiger partial charge in [0.15, 0.2) is 12.4 Å². The molecule has 28 heavy (non-hydrogen) atoms. The third kappa shape index (κ3) is 4.06. The first-order valence-corrected chi connectivity index (χ1v) is 8.57. The zero-order valence-electron chi connectivity index (χ0n) is 15.4. The maximum Gasteiger partial charge on any atom is 0.262 e. The Morgan fingerprint density at radius 2 is 2.00 bits per heavy atom. The van der Waals surface area contributed by atoms with Crippen molar-refractivity contribution in [2.75, 3.05) is 11.9 Å². The molecule has 4 N–H and O–H groups in total. The van der Waals surface area contributed by atoms with E-state index in [2.05, 4.69) is 5.32 Å². The van der Waals surface area contributed by atoms with Crippen LogP contribution in [-0.4, -0.2) is 34.9 Å². The Morgan fingerprint density at radius 1 is 1.29 bits per heavy atom. The highest BCUT2D eigenvalue weighted by Gasteiger charge is 2.35. The Morgan fingerprint density at radius 3 is 2.71 bits per heavy atom. The van der Waals surface area contributed by atoms with Crippen LogP contribution >= 0.6 is 0 Å². The normalized spacial score (nSPS) is 14.6. The number of hydrogen-bond acceptors (Lipinski definition) is 6. The van der Waals surface area contributed by atoms with E-state index in [0.717, 1.165) is 0 Å². The van der Waals surface area contributed by atoms with Gasteiger partial charge in [-0.25, -0.2) is 0 Å². The molecule has 0 saturated heterocycles. The van der Waals surface area contributed by atoms with Crippen molar-refractivity contribution in [1.29, 1.82) is 0 Å². The molecule has 0 aromatic heterocycles. The highest BCUT2D eigenvalue weighted by molar-refractivity contribution is 6.04. The van der Waals surface area contributed by atoms with Gasteiger partial charge >= 0.3 is 0 Å². The Bertz CT molecular complexity index is 967. The number of rotatable bonds is 5. The number of phenolic OH excluding ortho intramolecular Hbond substituents is 1. The number of nitrogens with one attached hydrogen (secondary N) is 1. The van der Waals surface area contributed by atoms with Crippen LogP contribution < -0.4 is 20.5 Å². The molecule has 0 fully saturated rings. The SMILES string of the molecule is CC1(C)CC(=O)c2c(O)cc(OCC(=O)Nc3ccccc3C(N)=O)cc2O1. The summed E-state index contributed by atoms with van der Waals surface area (Å²) in [5.74, 6) is -1.32. The van der Waals surface area contributed by atoms with E-state index in [9.17, 15) is 19.5 Å². The standard InChI is InChI=1S/C20H20N2O6/c1-20(2)9-15(24)18-14(23)7-11(8-16(18)28-20)27-10-17(25)22-13-6-4-3-5-12(13)19(21)26/h3-8,23H,9-10H2,1-2H3,(H2,21,26)(H,22,25). The van der Waals surface area contributed by atoms with Crippen molar-refractivity contribution in [3.05, 3.63) is 47.5 Å². The van der Waals surface area contributed by atoms with Crippen molar-refractivity contribution in [3.63, 3.8) is 0 Å². The number of aromatic hydroxyl groups is 1. The quantitative estimate of drug-likeness (QED) is 0.725. The number of phenols is 1. The van der Waals surface area contributed by atoms with Crippen molar-refractivity contribution in [3.8, 4) is 17.2 Å². The summed E-state index contributed by atoms with van der Waals surface area (Å²) in [4.78, 5) is 35.8. The van der Waals surface area contributed by atoms with Gasteiger partial charge in [-0.05, 0) is 26.0 Å². The van der Waals surface area contributed by atoms with E-state index in [-0.39, 0.29) is 52.9 Å². The molecule has 0 atom stereocenters. The van der Waals surface area contributed by atoms with Crippen LogP contribution in [0.4, 0.5) is 5.69 Å². The minimum atomic E-state index is -0.703. The molecule has 3 rings (SSSR count). The number of anilines is 1. The Hall–Kier alpha value is -3.55. The number of carbonyl (C=O) groups excluding carboxylic acids is 3. The maximum absolute atomic E-state index is 12.2. The highest BCUT2D eigenvalue weighted by atomic mass is 16.5. The molecule has 8 heteroatoms. The van der Waals surface area contributed by atoms with Crippen LogP contribution in [0.25, 0.3) is 0 Å². The fourth-order valence-electron chi connectivity index (χ4n) is 2.97. The summed E-state index contributed by atoms with van der Waals surface area (Å²) < 4.78 is 11.2. The van der Waals surface area contributed by atoms with Crippen molar-refractivity contribution < 1.29 is 29.0 Å². The molecule has 1 aliphatic heterocycles.